The van der Waals surface area contributed by atoms with Gasteiger partial charge in [0.15, 0.2) is 0 Å². The third-order valence-corrected chi connectivity index (χ3v) is 3.29. The van der Waals surface area contributed by atoms with Gasteiger partial charge < -0.3 is 11.1 Å². The van der Waals surface area contributed by atoms with Gasteiger partial charge in [0.05, 0.1) is 12.1 Å². The molecule has 0 saturated carbocycles. The van der Waals surface area contributed by atoms with Gasteiger partial charge in [-0.3, -0.25) is 4.79 Å². The van der Waals surface area contributed by atoms with Crippen molar-refractivity contribution in [3.63, 3.8) is 0 Å². The minimum Gasteiger partial charge on any atom is -0.348 e. The topological polar surface area (TPSA) is 55.1 Å². The van der Waals surface area contributed by atoms with Crippen molar-refractivity contribution in [1.82, 2.24) is 5.32 Å². The van der Waals surface area contributed by atoms with Crippen molar-refractivity contribution < 1.29 is 4.79 Å². The number of nitrogens with one attached hydrogen (secondary N) is 1. The van der Waals surface area contributed by atoms with E-state index in [0.29, 0.717) is 6.42 Å². The predicted molar refractivity (Wildman–Crippen MR) is 81.1 cm³/mol. The summed E-state index contributed by atoms with van der Waals surface area (Å²) in [5, 5.41) is 2.95. The normalized spacial score (nSPS) is 13.5. The van der Waals surface area contributed by atoms with E-state index < -0.39 is 6.04 Å². The Labute approximate surface area is 119 Å². The van der Waals surface area contributed by atoms with E-state index in [1.165, 1.54) is 0 Å². The van der Waals surface area contributed by atoms with Gasteiger partial charge in [0.1, 0.15) is 0 Å². The Balaban J connectivity index is 1.91. The summed E-state index contributed by atoms with van der Waals surface area (Å²) in [6.07, 6.45) is 0.550. The maximum absolute atomic E-state index is 12.1. The first-order valence-corrected chi connectivity index (χ1v) is 6.81. The van der Waals surface area contributed by atoms with Crippen LogP contribution in [0.1, 0.15) is 24.1 Å². The molecular formula is C17H20N2O. The molecule has 2 atom stereocenters. The van der Waals surface area contributed by atoms with E-state index in [1.807, 2.05) is 67.6 Å². The smallest absolute Gasteiger partial charge is 0.237 e. The van der Waals surface area contributed by atoms with E-state index in [0.717, 1.165) is 11.1 Å². The maximum atomic E-state index is 12.1. The zero-order chi connectivity index (χ0) is 14.4. The zero-order valence-corrected chi connectivity index (χ0v) is 11.6. The van der Waals surface area contributed by atoms with Gasteiger partial charge in [-0.05, 0) is 24.5 Å². The van der Waals surface area contributed by atoms with Crippen molar-refractivity contribution in [2.75, 3.05) is 0 Å². The Hall–Kier alpha value is -2.13. The van der Waals surface area contributed by atoms with Crippen LogP contribution in [0, 0.1) is 0 Å². The van der Waals surface area contributed by atoms with Crippen LogP contribution in [-0.4, -0.2) is 11.9 Å². The lowest BCUT2D eigenvalue weighted by atomic mass is 10.0. The number of amides is 1. The van der Waals surface area contributed by atoms with Crippen molar-refractivity contribution in [2.24, 2.45) is 5.73 Å². The fourth-order valence-corrected chi connectivity index (χ4v) is 2.11. The molecule has 20 heavy (non-hydrogen) atoms. The lowest BCUT2D eigenvalue weighted by Crippen LogP contribution is -2.42. The van der Waals surface area contributed by atoms with Crippen LogP contribution in [0.25, 0.3) is 0 Å². The third kappa shape index (κ3) is 3.93. The van der Waals surface area contributed by atoms with Crippen LogP contribution in [0.4, 0.5) is 0 Å². The minimum atomic E-state index is -0.524. The van der Waals surface area contributed by atoms with E-state index in [2.05, 4.69) is 5.32 Å². The van der Waals surface area contributed by atoms with Crippen LogP contribution in [0.3, 0.4) is 0 Å². The van der Waals surface area contributed by atoms with Crippen LogP contribution < -0.4 is 11.1 Å². The van der Waals surface area contributed by atoms with Crippen LogP contribution in [-0.2, 0) is 11.2 Å². The summed E-state index contributed by atoms with van der Waals surface area (Å²) in [6, 6.07) is 19.1. The highest BCUT2D eigenvalue weighted by molar-refractivity contribution is 5.82. The molecule has 0 aliphatic carbocycles. The standard InChI is InChI=1S/C17H20N2O/c1-13(15-10-6-3-7-11-15)19-17(20)16(18)12-14-8-4-2-5-9-14/h2-11,13,16H,12,18H2,1H3,(H,19,20)/t13-,16+/m1/s1. The molecule has 2 aromatic carbocycles. The fraction of sp³-hybridized carbons (Fsp3) is 0.235. The molecule has 0 aliphatic heterocycles. The first kappa shape index (κ1) is 14.3. The molecule has 3 heteroatoms. The Morgan fingerprint density at radius 2 is 1.60 bits per heavy atom. The first-order valence-electron chi connectivity index (χ1n) is 6.81. The Morgan fingerprint density at radius 3 is 2.20 bits per heavy atom. The van der Waals surface area contributed by atoms with Gasteiger partial charge in [-0.2, -0.15) is 0 Å². The number of nitrogens with two attached hydrogens (primary N) is 1. The van der Waals surface area contributed by atoms with E-state index in [9.17, 15) is 4.79 Å². The number of hydrogen-bond donors (Lipinski definition) is 2. The SMILES string of the molecule is C[C@@H](NC(=O)[C@@H](N)Cc1ccccc1)c1ccccc1. The summed E-state index contributed by atoms with van der Waals surface area (Å²) in [4.78, 5) is 12.1. The van der Waals surface area contributed by atoms with Gasteiger partial charge in [-0.1, -0.05) is 60.7 Å². The maximum Gasteiger partial charge on any atom is 0.237 e. The lowest BCUT2D eigenvalue weighted by Gasteiger charge is -2.18. The quantitative estimate of drug-likeness (QED) is 0.875. The average Bonchev–Trinajstić information content (AvgIpc) is 2.49. The molecule has 104 valence electrons. The summed E-state index contributed by atoms with van der Waals surface area (Å²) >= 11 is 0. The third-order valence-electron chi connectivity index (χ3n) is 3.29. The number of carbonyl (C=O) groups is 1. The predicted octanol–water partition coefficient (Wildman–Crippen LogP) is 2.43. The van der Waals surface area contributed by atoms with Crippen molar-refractivity contribution in [1.29, 1.82) is 0 Å². The molecule has 0 unspecified atom stereocenters. The molecule has 0 bridgehead atoms. The van der Waals surface area contributed by atoms with Gasteiger partial charge >= 0.3 is 0 Å². The number of benzene rings is 2. The molecule has 0 aromatic heterocycles. The molecule has 3 N–H and O–H groups in total. The van der Waals surface area contributed by atoms with Gasteiger partial charge in [0.2, 0.25) is 5.91 Å². The molecule has 0 spiro atoms. The highest BCUT2D eigenvalue weighted by atomic mass is 16.2. The fourth-order valence-electron chi connectivity index (χ4n) is 2.11. The zero-order valence-electron chi connectivity index (χ0n) is 11.6. The largest absolute Gasteiger partial charge is 0.348 e. The van der Waals surface area contributed by atoms with Gasteiger partial charge in [-0.25, -0.2) is 0 Å². The summed E-state index contributed by atoms with van der Waals surface area (Å²) in [5.74, 6) is -0.120. The molecular weight excluding hydrogens is 248 g/mol. The molecule has 1 amide bonds. The van der Waals surface area contributed by atoms with Crippen molar-refractivity contribution >= 4 is 5.91 Å². The van der Waals surface area contributed by atoms with E-state index in [4.69, 9.17) is 5.73 Å². The van der Waals surface area contributed by atoms with Gasteiger partial charge in [0, 0.05) is 0 Å². The Kier molecular flexibility index (Phi) is 4.91. The number of rotatable bonds is 5. The summed E-state index contributed by atoms with van der Waals surface area (Å²) < 4.78 is 0. The summed E-state index contributed by atoms with van der Waals surface area (Å²) in [7, 11) is 0. The molecule has 0 heterocycles. The van der Waals surface area contributed by atoms with Gasteiger partial charge in [0.25, 0.3) is 0 Å². The lowest BCUT2D eigenvalue weighted by molar-refractivity contribution is -0.123. The van der Waals surface area contributed by atoms with Crippen LogP contribution in [0.15, 0.2) is 60.7 Å². The number of hydrogen-bond acceptors (Lipinski definition) is 2. The monoisotopic (exact) mass is 268 g/mol. The van der Waals surface area contributed by atoms with Crippen molar-refractivity contribution in [3.05, 3.63) is 71.8 Å². The molecule has 0 fully saturated rings. The highest BCUT2D eigenvalue weighted by Crippen LogP contribution is 2.11. The molecule has 3 nitrogen and oxygen atoms in total. The van der Waals surface area contributed by atoms with Crippen LogP contribution in [0.2, 0.25) is 0 Å². The molecule has 0 radical (unpaired) electrons. The summed E-state index contributed by atoms with van der Waals surface area (Å²) in [6.45, 7) is 1.96. The second kappa shape index (κ2) is 6.87. The van der Waals surface area contributed by atoms with Crippen LogP contribution in [0.5, 0.6) is 0 Å². The Morgan fingerprint density at radius 1 is 1.05 bits per heavy atom. The van der Waals surface area contributed by atoms with Gasteiger partial charge in [-0.15, -0.1) is 0 Å². The molecule has 0 aliphatic rings. The Bertz CT molecular complexity index is 539. The van der Waals surface area contributed by atoms with E-state index in [-0.39, 0.29) is 11.9 Å². The molecule has 0 saturated heterocycles. The second-order valence-corrected chi connectivity index (χ2v) is 4.94. The molecule has 2 aromatic rings. The van der Waals surface area contributed by atoms with E-state index in [1.54, 1.807) is 0 Å². The van der Waals surface area contributed by atoms with Crippen molar-refractivity contribution in [2.45, 2.75) is 25.4 Å². The first-order chi connectivity index (χ1) is 9.66. The minimum absolute atomic E-state index is 0.0366. The molecule has 2 rings (SSSR count). The summed E-state index contributed by atoms with van der Waals surface area (Å²) in [5.41, 5.74) is 8.11. The van der Waals surface area contributed by atoms with Crippen LogP contribution >= 0.6 is 0 Å². The van der Waals surface area contributed by atoms with Crippen molar-refractivity contribution in [3.8, 4) is 0 Å². The average molecular weight is 268 g/mol. The second-order valence-electron chi connectivity index (χ2n) is 4.94. The highest BCUT2D eigenvalue weighted by Gasteiger charge is 2.16. The van der Waals surface area contributed by atoms with E-state index >= 15 is 0 Å². The number of carbonyl (C=O) groups excluding carboxylic acids is 1.